The lowest BCUT2D eigenvalue weighted by Crippen LogP contribution is -2.57. The van der Waals surface area contributed by atoms with Crippen molar-refractivity contribution in [3.8, 4) is 5.75 Å². The molecule has 4 rings (SSSR count). The summed E-state index contributed by atoms with van der Waals surface area (Å²) in [5, 5.41) is 15.1. The van der Waals surface area contributed by atoms with Crippen molar-refractivity contribution in [3.05, 3.63) is 65.7 Å². The minimum absolute atomic E-state index is 0.0358. The van der Waals surface area contributed by atoms with Crippen LogP contribution in [0.1, 0.15) is 70.4 Å². The Morgan fingerprint density at radius 2 is 1.62 bits per heavy atom. The first kappa shape index (κ1) is 38.8. The van der Waals surface area contributed by atoms with E-state index in [1.807, 2.05) is 54.6 Å². The molecule has 12 nitrogen and oxygen atoms in total. The third-order valence-electron chi connectivity index (χ3n) is 8.74. The number of hydrogen-bond acceptors (Lipinski definition) is 9. The van der Waals surface area contributed by atoms with E-state index in [9.17, 15) is 24.3 Å². The van der Waals surface area contributed by atoms with Gasteiger partial charge in [-0.05, 0) is 76.1 Å². The van der Waals surface area contributed by atoms with Crippen molar-refractivity contribution in [2.24, 2.45) is 0 Å². The van der Waals surface area contributed by atoms with Crippen molar-refractivity contribution in [2.75, 3.05) is 46.0 Å². The highest BCUT2D eigenvalue weighted by molar-refractivity contribution is 5.94. The van der Waals surface area contributed by atoms with E-state index in [1.54, 1.807) is 25.7 Å². The molecule has 0 saturated carbocycles. The van der Waals surface area contributed by atoms with Crippen molar-refractivity contribution in [1.29, 1.82) is 0 Å². The molecule has 274 valence electrons. The van der Waals surface area contributed by atoms with Crippen molar-refractivity contribution in [3.63, 3.8) is 0 Å². The van der Waals surface area contributed by atoms with Gasteiger partial charge in [0.15, 0.2) is 0 Å². The number of morpholine rings is 1. The highest BCUT2D eigenvalue weighted by Gasteiger charge is 2.36. The van der Waals surface area contributed by atoms with Crippen LogP contribution in [0.25, 0.3) is 0 Å². The van der Waals surface area contributed by atoms with Crippen LogP contribution in [-0.2, 0) is 41.7 Å². The number of nitrogens with zero attached hydrogens (tertiary/aromatic N) is 2. The van der Waals surface area contributed by atoms with Crippen LogP contribution in [0.15, 0.2) is 54.6 Å². The summed E-state index contributed by atoms with van der Waals surface area (Å²) in [4.78, 5) is 58.1. The molecule has 0 aromatic heterocycles. The van der Waals surface area contributed by atoms with Crippen molar-refractivity contribution < 1.29 is 38.5 Å². The molecule has 0 bridgehead atoms. The van der Waals surface area contributed by atoms with Gasteiger partial charge in [0.25, 0.3) is 0 Å². The standard InChI is InChI=1S/C38H54N4O8/c1-38(2,3)50-37(47)32(15-7-8-22-43)40-35(45)31(17-19-41-20-23-48-24-21-41)39-36(46)33(42-18-10-16-34(42)44)26-29-13-9-14-30(25-29)49-27-28-11-5-4-6-12-28/h4-6,9,11-14,25,31-33,43H,7-8,10,15-24,26-27H2,1-3H3,(H,39,46)(H,40,45)/t31-,32-,33-/m0/s1. The number of unbranched alkanes of at least 4 members (excludes halogenated alkanes) is 1. The first-order valence-electron chi connectivity index (χ1n) is 17.8. The highest BCUT2D eigenvalue weighted by atomic mass is 16.6. The molecule has 2 aromatic rings. The summed E-state index contributed by atoms with van der Waals surface area (Å²) >= 11 is 0. The van der Waals surface area contributed by atoms with Crippen LogP contribution in [0.4, 0.5) is 0 Å². The van der Waals surface area contributed by atoms with Crippen LogP contribution in [0.5, 0.6) is 5.75 Å². The zero-order valence-electron chi connectivity index (χ0n) is 29.7. The van der Waals surface area contributed by atoms with Gasteiger partial charge < -0.3 is 34.9 Å². The zero-order chi connectivity index (χ0) is 35.9. The fourth-order valence-corrected chi connectivity index (χ4v) is 6.10. The Morgan fingerprint density at radius 3 is 2.30 bits per heavy atom. The Hall–Kier alpha value is -4.00. The number of likely N-dealkylation sites (tertiary alicyclic amines) is 1. The zero-order valence-corrected chi connectivity index (χ0v) is 29.7. The normalized spacial score (nSPS) is 17.1. The van der Waals surface area contributed by atoms with Crippen LogP contribution in [0.3, 0.4) is 0 Å². The minimum atomic E-state index is -0.978. The number of amides is 3. The molecule has 50 heavy (non-hydrogen) atoms. The third-order valence-corrected chi connectivity index (χ3v) is 8.74. The van der Waals surface area contributed by atoms with Crippen LogP contribution in [0.2, 0.25) is 0 Å². The number of benzene rings is 2. The Bertz CT molecular complexity index is 1390. The van der Waals surface area contributed by atoms with Crippen LogP contribution >= 0.6 is 0 Å². The summed E-state index contributed by atoms with van der Waals surface area (Å²) in [5.74, 6) is -0.974. The van der Waals surface area contributed by atoms with Gasteiger partial charge in [-0.15, -0.1) is 0 Å². The lowest BCUT2D eigenvalue weighted by molar-refractivity contribution is -0.159. The van der Waals surface area contributed by atoms with E-state index in [4.69, 9.17) is 14.2 Å². The van der Waals surface area contributed by atoms with Crippen LogP contribution in [-0.4, -0.2) is 108 Å². The van der Waals surface area contributed by atoms with Crippen molar-refractivity contribution in [2.45, 2.75) is 96.1 Å². The smallest absolute Gasteiger partial charge is 0.329 e. The number of aliphatic hydroxyl groups excluding tert-OH is 1. The quantitative estimate of drug-likeness (QED) is 0.158. The van der Waals surface area contributed by atoms with E-state index < -0.39 is 41.5 Å². The van der Waals surface area contributed by atoms with E-state index in [2.05, 4.69) is 15.5 Å². The summed E-state index contributed by atoms with van der Waals surface area (Å²) < 4.78 is 17.1. The molecule has 2 saturated heterocycles. The lowest BCUT2D eigenvalue weighted by atomic mass is 10.0. The Morgan fingerprint density at radius 1 is 0.900 bits per heavy atom. The molecule has 2 aliphatic rings. The number of carbonyl (C=O) groups is 4. The molecule has 3 atom stereocenters. The molecule has 2 fully saturated rings. The van der Waals surface area contributed by atoms with E-state index in [0.29, 0.717) is 83.9 Å². The SMILES string of the molecule is CC(C)(C)OC(=O)[C@H](CCCCO)NC(=O)[C@H](CCN1CCOCC1)NC(=O)[C@H](Cc1cccc(OCc2ccccc2)c1)N1CCCC1=O. The minimum Gasteiger partial charge on any atom is -0.489 e. The van der Waals surface area contributed by atoms with Crippen LogP contribution < -0.4 is 15.4 Å². The Kier molecular flexibility index (Phi) is 15.1. The number of aliphatic hydroxyl groups is 1. The van der Waals surface area contributed by atoms with Crippen molar-refractivity contribution in [1.82, 2.24) is 20.4 Å². The fourth-order valence-electron chi connectivity index (χ4n) is 6.10. The second kappa shape index (κ2) is 19.4. The van der Waals surface area contributed by atoms with Crippen LogP contribution in [0, 0.1) is 0 Å². The summed E-state index contributed by atoms with van der Waals surface area (Å²) in [5.41, 5.74) is 1.08. The van der Waals surface area contributed by atoms with Gasteiger partial charge in [-0.3, -0.25) is 19.3 Å². The number of nitrogens with one attached hydrogen (secondary N) is 2. The molecule has 2 heterocycles. The molecule has 0 radical (unpaired) electrons. The fraction of sp³-hybridized carbons (Fsp3) is 0.579. The maximum atomic E-state index is 14.2. The number of hydrogen-bond donors (Lipinski definition) is 3. The number of esters is 1. The third kappa shape index (κ3) is 12.7. The molecule has 2 aromatic carbocycles. The topological polar surface area (TPSA) is 147 Å². The Labute approximate surface area is 295 Å². The summed E-state index contributed by atoms with van der Waals surface area (Å²) in [6.07, 6.45) is 2.78. The van der Waals surface area contributed by atoms with E-state index >= 15 is 0 Å². The molecule has 2 aliphatic heterocycles. The van der Waals surface area contributed by atoms with E-state index in [-0.39, 0.29) is 25.4 Å². The predicted octanol–water partition coefficient (Wildman–Crippen LogP) is 3.00. The molecule has 0 unspecified atom stereocenters. The lowest BCUT2D eigenvalue weighted by Gasteiger charge is -2.31. The van der Waals surface area contributed by atoms with Gasteiger partial charge in [0, 0.05) is 45.6 Å². The maximum absolute atomic E-state index is 14.2. The summed E-state index contributed by atoms with van der Waals surface area (Å²) in [7, 11) is 0. The van der Waals surface area contributed by atoms with E-state index in [0.717, 1.165) is 11.1 Å². The van der Waals surface area contributed by atoms with Gasteiger partial charge in [0.2, 0.25) is 17.7 Å². The maximum Gasteiger partial charge on any atom is 0.329 e. The van der Waals surface area contributed by atoms with Gasteiger partial charge in [-0.2, -0.15) is 0 Å². The number of ether oxygens (including phenoxy) is 3. The van der Waals surface area contributed by atoms with Gasteiger partial charge in [-0.1, -0.05) is 42.5 Å². The molecule has 0 spiro atoms. The first-order valence-corrected chi connectivity index (χ1v) is 17.8. The van der Waals surface area contributed by atoms with Gasteiger partial charge in [0.1, 0.15) is 36.1 Å². The molecular formula is C38H54N4O8. The Balaban J connectivity index is 1.52. The number of carbonyl (C=O) groups excluding carboxylic acids is 4. The van der Waals surface area contributed by atoms with Crippen molar-refractivity contribution >= 4 is 23.7 Å². The summed E-state index contributed by atoms with van der Waals surface area (Å²) in [6.45, 7) is 9.18. The molecular weight excluding hydrogens is 640 g/mol. The highest BCUT2D eigenvalue weighted by Crippen LogP contribution is 2.22. The average Bonchev–Trinajstić information content (AvgIpc) is 3.53. The molecule has 0 aliphatic carbocycles. The molecule has 3 amide bonds. The predicted molar refractivity (Wildman–Crippen MR) is 188 cm³/mol. The second-order valence-electron chi connectivity index (χ2n) is 14.0. The van der Waals surface area contributed by atoms with Gasteiger partial charge >= 0.3 is 5.97 Å². The van der Waals surface area contributed by atoms with E-state index in [1.165, 1.54) is 0 Å². The van der Waals surface area contributed by atoms with Gasteiger partial charge in [0.05, 0.1) is 13.2 Å². The summed E-state index contributed by atoms with van der Waals surface area (Å²) in [6, 6.07) is 14.5. The number of rotatable bonds is 18. The second-order valence-corrected chi connectivity index (χ2v) is 14.0. The largest absolute Gasteiger partial charge is 0.489 e. The van der Waals surface area contributed by atoms with Gasteiger partial charge in [-0.25, -0.2) is 4.79 Å². The average molecular weight is 695 g/mol. The molecule has 12 heteroatoms. The molecule has 3 N–H and O–H groups in total. The first-order chi connectivity index (χ1) is 24.0. The monoisotopic (exact) mass is 694 g/mol.